The van der Waals surface area contributed by atoms with E-state index >= 15 is 0 Å². The zero-order chi connectivity index (χ0) is 17.0. The van der Waals surface area contributed by atoms with Crippen LogP contribution in [-0.4, -0.2) is 35.6 Å². The topological polar surface area (TPSA) is 93.1 Å². The third-order valence-corrected chi connectivity index (χ3v) is 3.84. The molecule has 0 fully saturated rings. The Morgan fingerprint density at radius 2 is 2.13 bits per heavy atom. The van der Waals surface area contributed by atoms with Crippen LogP contribution in [0.15, 0.2) is 12.1 Å². The van der Waals surface area contributed by atoms with Gasteiger partial charge in [-0.3, -0.25) is 4.79 Å². The molecule has 0 radical (unpaired) electrons. The van der Waals surface area contributed by atoms with Crippen LogP contribution >= 0.6 is 0 Å². The molecule has 23 heavy (non-hydrogen) atoms. The number of esters is 1. The highest BCUT2D eigenvalue weighted by atomic mass is 16.5. The summed E-state index contributed by atoms with van der Waals surface area (Å²) in [4.78, 5) is 23.8. The molecule has 2 rings (SSSR count). The molecule has 1 atom stereocenters. The van der Waals surface area contributed by atoms with Crippen LogP contribution in [0, 0.1) is 0 Å². The lowest BCUT2D eigenvalue weighted by molar-refractivity contribution is -0.119. The van der Waals surface area contributed by atoms with E-state index in [0.29, 0.717) is 18.4 Å². The normalized spacial score (nSPS) is 16.5. The lowest BCUT2D eigenvalue weighted by Crippen LogP contribution is -2.36. The fraction of sp³-hybridized carbons (Fsp3) is 0.500. The summed E-state index contributed by atoms with van der Waals surface area (Å²) in [7, 11) is -1.20. The molecule has 1 heterocycles. The number of Topliss-reactive ketones (excluding diaryl/α,β-unsaturated/α-hetero) is 1. The van der Waals surface area contributed by atoms with Gasteiger partial charge in [0.25, 0.3) is 0 Å². The summed E-state index contributed by atoms with van der Waals surface area (Å²) < 4.78 is 10.4. The Morgan fingerprint density at radius 3 is 2.78 bits per heavy atom. The van der Waals surface area contributed by atoms with Gasteiger partial charge in [-0.25, -0.2) is 4.79 Å². The van der Waals surface area contributed by atoms with Gasteiger partial charge in [0.15, 0.2) is 0 Å². The standard InChI is InChI=1S/C16H21BO6/c1-3-5-12(18)9-11-8-10-6-7-13(19)14(16(20)22-4-2)15(10)23-17(11)21/h6-7,11,19,21H,3-5,8-9H2,1-2H3/t11-/m1/s1. The smallest absolute Gasteiger partial charge is 0.526 e. The number of ketones is 1. The van der Waals surface area contributed by atoms with Gasteiger partial charge in [0.2, 0.25) is 0 Å². The first-order valence-electron chi connectivity index (χ1n) is 7.86. The van der Waals surface area contributed by atoms with E-state index in [-0.39, 0.29) is 41.7 Å². The SMILES string of the molecule is CCCC(=O)C[C@H]1Cc2ccc(O)c(C(=O)OCC)c2OB1O. The predicted molar refractivity (Wildman–Crippen MR) is 84.7 cm³/mol. The fourth-order valence-electron chi connectivity index (χ4n) is 2.76. The summed E-state index contributed by atoms with van der Waals surface area (Å²) in [6.07, 6.45) is 1.86. The molecule has 0 spiro atoms. The van der Waals surface area contributed by atoms with Crippen LogP contribution < -0.4 is 4.65 Å². The van der Waals surface area contributed by atoms with Gasteiger partial charge in [-0.05, 0) is 31.4 Å². The van der Waals surface area contributed by atoms with Crippen molar-refractivity contribution in [2.45, 2.75) is 45.3 Å². The number of hydrogen-bond acceptors (Lipinski definition) is 6. The third kappa shape index (κ3) is 3.85. The summed E-state index contributed by atoms with van der Waals surface area (Å²) in [5.41, 5.74) is 0.590. The molecular formula is C16H21BO6. The van der Waals surface area contributed by atoms with Gasteiger partial charge in [-0.2, -0.15) is 0 Å². The molecule has 124 valence electrons. The van der Waals surface area contributed by atoms with E-state index in [1.54, 1.807) is 13.0 Å². The summed E-state index contributed by atoms with van der Waals surface area (Å²) in [6.45, 7) is 3.75. The van der Waals surface area contributed by atoms with E-state index in [2.05, 4.69) is 0 Å². The minimum atomic E-state index is -1.20. The Labute approximate surface area is 135 Å². The number of carbonyl (C=O) groups is 2. The molecule has 6 nitrogen and oxygen atoms in total. The van der Waals surface area contributed by atoms with Gasteiger partial charge in [0, 0.05) is 18.7 Å². The molecule has 0 aliphatic carbocycles. The summed E-state index contributed by atoms with van der Waals surface area (Å²) >= 11 is 0. The number of phenolic OH excluding ortho intramolecular Hbond substituents is 1. The van der Waals surface area contributed by atoms with Gasteiger partial charge in [-0.15, -0.1) is 0 Å². The molecule has 7 heteroatoms. The van der Waals surface area contributed by atoms with Crippen LogP contribution in [0.3, 0.4) is 0 Å². The Hall–Kier alpha value is -2.02. The summed E-state index contributed by atoms with van der Waals surface area (Å²) in [5, 5.41) is 20.1. The maximum Gasteiger partial charge on any atom is 0.526 e. The first-order chi connectivity index (χ1) is 11.0. The summed E-state index contributed by atoms with van der Waals surface area (Å²) in [6, 6.07) is 3.04. The highest BCUT2D eigenvalue weighted by Crippen LogP contribution is 2.40. The van der Waals surface area contributed by atoms with Crippen molar-refractivity contribution in [2.24, 2.45) is 0 Å². The van der Waals surface area contributed by atoms with E-state index in [0.717, 1.165) is 6.42 Å². The van der Waals surface area contributed by atoms with Crippen molar-refractivity contribution in [3.05, 3.63) is 23.3 Å². The Bertz CT molecular complexity index is 600. The number of rotatable bonds is 6. The molecule has 0 bridgehead atoms. The number of carbonyl (C=O) groups excluding carboxylic acids is 2. The van der Waals surface area contributed by atoms with E-state index < -0.39 is 13.1 Å². The lowest BCUT2D eigenvalue weighted by atomic mass is 9.64. The molecule has 0 saturated heterocycles. The van der Waals surface area contributed by atoms with Crippen molar-refractivity contribution in [3.63, 3.8) is 0 Å². The molecule has 1 aromatic rings. The quantitative estimate of drug-likeness (QED) is 0.616. The predicted octanol–water partition coefficient (Wildman–Crippen LogP) is 2.11. The van der Waals surface area contributed by atoms with Crippen LogP contribution in [0.25, 0.3) is 0 Å². The molecule has 0 amide bonds. The molecule has 1 aliphatic rings. The minimum absolute atomic E-state index is 0.0768. The first kappa shape index (κ1) is 17.3. The van der Waals surface area contributed by atoms with Crippen LogP contribution in [0.1, 0.15) is 49.0 Å². The van der Waals surface area contributed by atoms with Crippen LogP contribution in [0.2, 0.25) is 5.82 Å². The largest absolute Gasteiger partial charge is 0.535 e. The second-order valence-electron chi connectivity index (χ2n) is 5.63. The molecule has 0 aromatic heterocycles. The van der Waals surface area contributed by atoms with E-state index in [9.17, 15) is 19.7 Å². The van der Waals surface area contributed by atoms with E-state index in [4.69, 9.17) is 9.39 Å². The molecule has 0 unspecified atom stereocenters. The van der Waals surface area contributed by atoms with Crippen molar-refractivity contribution in [1.29, 1.82) is 0 Å². The van der Waals surface area contributed by atoms with Crippen LogP contribution in [0.5, 0.6) is 11.5 Å². The minimum Gasteiger partial charge on any atom is -0.535 e. The Balaban J connectivity index is 2.26. The lowest BCUT2D eigenvalue weighted by Gasteiger charge is -2.28. The second kappa shape index (κ2) is 7.50. The molecular weight excluding hydrogens is 299 g/mol. The van der Waals surface area contributed by atoms with E-state index in [1.165, 1.54) is 6.07 Å². The number of aromatic hydroxyl groups is 1. The van der Waals surface area contributed by atoms with Crippen molar-refractivity contribution in [1.82, 2.24) is 0 Å². The average molecular weight is 320 g/mol. The fourth-order valence-corrected chi connectivity index (χ4v) is 2.76. The van der Waals surface area contributed by atoms with Gasteiger partial charge in [0.1, 0.15) is 22.8 Å². The molecule has 1 aliphatic heterocycles. The number of fused-ring (bicyclic) bond motifs is 1. The van der Waals surface area contributed by atoms with E-state index in [1.807, 2.05) is 6.92 Å². The zero-order valence-corrected chi connectivity index (χ0v) is 13.4. The molecule has 0 saturated carbocycles. The number of ether oxygens (including phenoxy) is 1. The zero-order valence-electron chi connectivity index (χ0n) is 13.4. The number of hydrogen-bond donors (Lipinski definition) is 2. The Morgan fingerprint density at radius 1 is 1.39 bits per heavy atom. The summed E-state index contributed by atoms with van der Waals surface area (Å²) in [5.74, 6) is -1.10. The monoisotopic (exact) mass is 320 g/mol. The van der Waals surface area contributed by atoms with Gasteiger partial charge >= 0.3 is 13.1 Å². The highest BCUT2D eigenvalue weighted by molar-refractivity contribution is 6.47. The maximum absolute atomic E-state index is 12.0. The average Bonchev–Trinajstić information content (AvgIpc) is 2.48. The first-order valence-corrected chi connectivity index (χ1v) is 7.86. The van der Waals surface area contributed by atoms with Gasteiger partial charge < -0.3 is 19.5 Å². The van der Waals surface area contributed by atoms with Crippen LogP contribution in [-0.2, 0) is 16.0 Å². The van der Waals surface area contributed by atoms with Gasteiger partial charge in [0.05, 0.1) is 6.61 Å². The van der Waals surface area contributed by atoms with Crippen molar-refractivity contribution < 1.29 is 29.1 Å². The van der Waals surface area contributed by atoms with Gasteiger partial charge in [-0.1, -0.05) is 13.0 Å². The van der Waals surface area contributed by atoms with Crippen molar-refractivity contribution in [3.8, 4) is 11.5 Å². The molecule has 2 N–H and O–H groups in total. The number of phenols is 1. The second-order valence-corrected chi connectivity index (χ2v) is 5.63. The van der Waals surface area contributed by atoms with Crippen LogP contribution in [0.4, 0.5) is 0 Å². The third-order valence-electron chi connectivity index (χ3n) is 3.84. The highest BCUT2D eigenvalue weighted by Gasteiger charge is 2.38. The maximum atomic E-state index is 12.0. The Kier molecular flexibility index (Phi) is 5.66. The molecule has 1 aromatic carbocycles. The van der Waals surface area contributed by atoms with Crippen molar-refractivity contribution in [2.75, 3.05) is 6.61 Å². The number of benzene rings is 1. The van der Waals surface area contributed by atoms with Crippen molar-refractivity contribution >= 4 is 18.9 Å².